The number of aliphatic hydroxyl groups is 1. The molecule has 0 radical (unpaired) electrons. The maximum atomic E-state index is 13.5. The normalized spacial score (nSPS) is 29.7. The van der Waals surface area contributed by atoms with E-state index in [9.17, 15) is 24.0 Å². The molecule has 300 valence electrons. The third-order valence-electron chi connectivity index (χ3n) is 11.5. The average molecular weight is 793 g/mol. The van der Waals surface area contributed by atoms with Gasteiger partial charge in [0.1, 0.15) is 5.76 Å². The Labute approximate surface area is 319 Å². The molecule has 15 nitrogen and oxygen atoms in total. The third kappa shape index (κ3) is 12.2. The summed E-state index contributed by atoms with van der Waals surface area (Å²) in [6.45, 7) is 1.09. The maximum Gasteiger partial charge on any atom is 0.527 e. The lowest BCUT2D eigenvalue weighted by Gasteiger charge is -2.37. The van der Waals surface area contributed by atoms with E-state index in [1.807, 2.05) is 11.2 Å². The van der Waals surface area contributed by atoms with Gasteiger partial charge in [0.25, 0.3) is 0 Å². The van der Waals surface area contributed by atoms with Gasteiger partial charge >= 0.3 is 15.6 Å². The molecule has 6 aliphatic rings. The van der Waals surface area contributed by atoms with Crippen LogP contribution in [0, 0.1) is 11.8 Å². The van der Waals surface area contributed by atoms with E-state index >= 15 is 0 Å². The quantitative estimate of drug-likeness (QED) is 0.126. The zero-order chi connectivity index (χ0) is 38.0. The molecule has 2 heterocycles. The fraction of sp³-hybridized carbons (Fsp3) is 0.730. The molecule has 3 N–H and O–H groups in total. The van der Waals surface area contributed by atoms with Crippen molar-refractivity contribution in [2.75, 3.05) is 26.8 Å². The first-order valence-electron chi connectivity index (χ1n) is 19.8. The lowest BCUT2D eigenvalue weighted by Crippen LogP contribution is -2.37. The average Bonchev–Trinajstić information content (AvgIpc) is 3.13. The molecule has 0 amide bonds. The van der Waals surface area contributed by atoms with E-state index in [1.54, 1.807) is 12.3 Å². The van der Waals surface area contributed by atoms with Crippen molar-refractivity contribution in [1.29, 1.82) is 0 Å². The van der Waals surface area contributed by atoms with E-state index < -0.39 is 21.7 Å². The predicted octanol–water partition coefficient (Wildman–Crippen LogP) is 9.12. The summed E-state index contributed by atoms with van der Waals surface area (Å²) < 4.78 is 46.4. The molecular formula is C37H58N6O9P2. The molecule has 54 heavy (non-hydrogen) atoms. The van der Waals surface area contributed by atoms with Gasteiger partial charge in [0.2, 0.25) is 0 Å². The Morgan fingerprint density at radius 2 is 1.39 bits per heavy atom. The van der Waals surface area contributed by atoms with Crippen LogP contribution in [-0.2, 0) is 27.2 Å². The van der Waals surface area contributed by atoms with Crippen molar-refractivity contribution in [3.8, 4) is 0 Å². The molecule has 0 spiro atoms. The molecule has 0 aromatic heterocycles. The minimum absolute atomic E-state index is 0.0247. The molecular weight excluding hydrogens is 734 g/mol. The van der Waals surface area contributed by atoms with Gasteiger partial charge in [-0.1, -0.05) is 74.7 Å². The molecule has 5 atom stereocenters. The van der Waals surface area contributed by atoms with Crippen molar-refractivity contribution in [3.05, 3.63) is 58.9 Å². The van der Waals surface area contributed by atoms with E-state index in [4.69, 9.17) is 13.6 Å². The van der Waals surface area contributed by atoms with Crippen molar-refractivity contribution in [1.82, 2.24) is 10.0 Å². The van der Waals surface area contributed by atoms with E-state index in [-0.39, 0.29) is 36.7 Å². The lowest BCUT2D eigenvalue weighted by atomic mass is 9.76. The molecule has 3 fully saturated rings. The van der Waals surface area contributed by atoms with Gasteiger partial charge < -0.3 is 14.2 Å². The van der Waals surface area contributed by atoms with Crippen LogP contribution in [0.3, 0.4) is 0 Å². The molecule has 5 unspecified atom stereocenters. The molecule has 0 bridgehead atoms. The SMILES string of the molecule is COP(=O)(O)O/C=C1\C=C(OP(=O)(O)OCC2CC(O)CC(C3=CN=NN(C4CCCCCCC4)C3)C2)C=C(C2=CN=NN(C3CCCCCCC3)C2)C1. The number of nitrogens with zero attached hydrogens (tertiary/aromatic N) is 6. The summed E-state index contributed by atoms with van der Waals surface area (Å²) in [5, 5.41) is 32.6. The van der Waals surface area contributed by atoms with Crippen molar-refractivity contribution in [2.45, 2.75) is 134 Å². The Kier molecular flexibility index (Phi) is 14.8. The molecule has 17 heteroatoms. The van der Waals surface area contributed by atoms with Crippen molar-refractivity contribution >= 4 is 15.6 Å². The molecule has 0 saturated heterocycles. The van der Waals surface area contributed by atoms with Crippen LogP contribution in [-0.4, -0.2) is 69.9 Å². The van der Waals surface area contributed by atoms with Crippen molar-refractivity contribution in [3.63, 3.8) is 0 Å². The van der Waals surface area contributed by atoms with Gasteiger partial charge in [-0.25, -0.2) is 9.13 Å². The zero-order valence-electron chi connectivity index (χ0n) is 31.5. The van der Waals surface area contributed by atoms with Crippen molar-refractivity contribution in [2.24, 2.45) is 32.5 Å². The fourth-order valence-electron chi connectivity index (χ4n) is 8.56. The summed E-state index contributed by atoms with van der Waals surface area (Å²) in [7, 11) is -7.92. The number of allylic oxidation sites excluding steroid dienone is 3. The second-order valence-corrected chi connectivity index (χ2v) is 18.5. The van der Waals surface area contributed by atoms with Gasteiger partial charge in [-0.15, -0.1) is 10.2 Å². The van der Waals surface area contributed by atoms with Crippen LogP contribution in [0.1, 0.15) is 116 Å². The zero-order valence-corrected chi connectivity index (χ0v) is 33.3. The predicted molar refractivity (Wildman–Crippen MR) is 202 cm³/mol. The highest BCUT2D eigenvalue weighted by molar-refractivity contribution is 7.47. The van der Waals surface area contributed by atoms with Crippen LogP contribution in [0.5, 0.6) is 0 Å². The van der Waals surface area contributed by atoms with Crippen LogP contribution >= 0.6 is 15.6 Å². The van der Waals surface area contributed by atoms with Gasteiger partial charge in [-0.2, -0.15) is 0 Å². The minimum Gasteiger partial charge on any atom is -0.412 e. The van der Waals surface area contributed by atoms with E-state index in [2.05, 4.69) is 30.2 Å². The number of hydrogen-bond donors (Lipinski definition) is 3. The number of phosphoric ester groups is 2. The first kappa shape index (κ1) is 41.0. The van der Waals surface area contributed by atoms with Gasteiger partial charge in [-0.3, -0.25) is 28.9 Å². The van der Waals surface area contributed by atoms with E-state index in [1.165, 1.54) is 57.4 Å². The van der Waals surface area contributed by atoms with Crippen LogP contribution in [0.2, 0.25) is 0 Å². The van der Waals surface area contributed by atoms with Gasteiger partial charge in [0.15, 0.2) is 0 Å². The number of hydrogen-bond acceptors (Lipinski definition) is 13. The standard InChI is InChI=1S/C37H58N6O9P2/c1-49-53(45,46)50-27-29-17-31(33-23-39-41-43(25-33)35-14-10-6-3-7-11-15-35)21-37(19-29)52-54(47,48)51-26-28-16-30(20-36(44)18-28)32-22-38-40-42(24-32)34-12-8-4-2-5-9-13-34/h19,21-23,27-28,30,34-36,44H,2-18,20,24-26H2,1H3,(H,45,46)(H,47,48)/b29-27-. The Balaban J connectivity index is 1.10. The monoisotopic (exact) mass is 792 g/mol. The Hall–Kier alpha value is -2.64. The largest absolute Gasteiger partial charge is 0.527 e. The number of rotatable bonds is 12. The third-order valence-corrected chi connectivity index (χ3v) is 13.2. The van der Waals surface area contributed by atoms with Crippen LogP contribution < -0.4 is 0 Å². The number of aliphatic hydroxyl groups excluding tert-OH is 1. The second kappa shape index (κ2) is 19.5. The van der Waals surface area contributed by atoms with Crippen molar-refractivity contribution < 1.29 is 42.1 Å². The van der Waals surface area contributed by atoms with Crippen LogP contribution in [0.4, 0.5) is 0 Å². The summed E-state index contributed by atoms with van der Waals surface area (Å²) in [6, 6.07) is 0.631. The summed E-state index contributed by atoms with van der Waals surface area (Å²) >= 11 is 0. The highest BCUT2D eigenvalue weighted by Gasteiger charge is 2.35. The van der Waals surface area contributed by atoms with E-state index in [0.717, 1.165) is 68.6 Å². The van der Waals surface area contributed by atoms with Gasteiger partial charge in [0.05, 0.1) is 44.5 Å². The van der Waals surface area contributed by atoms with Crippen LogP contribution in [0.25, 0.3) is 0 Å². The van der Waals surface area contributed by atoms with Gasteiger partial charge in [0, 0.05) is 25.6 Å². The second-order valence-electron chi connectivity index (χ2n) is 15.6. The highest BCUT2D eigenvalue weighted by Crippen LogP contribution is 2.49. The fourth-order valence-corrected chi connectivity index (χ4v) is 9.73. The first-order valence-corrected chi connectivity index (χ1v) is 22.8. The Morgan fingerprint density at radius 3 is 2.04 bits per heavy atom. The molecule has 2 aliphatic heterocycles. The molecule has 0 aromatic rings. The summed E-state index contributed by atoms with van der Waals surface area (Å²) in [6.07, 6.45) is 25.6. The number of phosphoric acid groups is 2. The summed E-state index contributed by atoms with van der Waals surface area (Å²) in [5.74, 6) is -0.109. The molecule has 4 aliphatic carbocycles. The molecule has 3 saturated carbocycles. The highest BCUT2D eigenvalue weighted by atomic mass is 31.2. The maximum absolute atomic E-state index is 13.5. The summed E-state index contributed by atoms with van der Waals surface area (Å²) in [5.41, 5.74) is 3.11. The van der Waals surface area contributed by atoms with E-state index in [0.29, 0.717) is 44.0 Å². The van der Waals surface area contributed by atoms with Crippen LogP contribution in [0.15, 0.2) is 79.5 Å². The molecule has 6 rings (SSSR count). The first-order chi connectivity index (χ1) is 26.1. The van der Waals surface area contributed by atoms with Gasteiger partial charge in [-0.05, 0) is 91.2 Å². The Morgan fingerprint density at radius 1 is 0.778 bits per heavy atom. The minimum atomic E-state index is -4.65. The smallest absolute Gasteiger partial charge is 0.412 e. The topological polar surface area (TPSA) is 188 Å². The molecule has 0 aromatic carbocycles. The lowest BCUT2D eigenvalue weighted by molar-refractivity contribution is 0.0487. The Bertz CT molecular complexity index is 1600. The summed E-state index contributed by atoms with van der Waals surface area (Å²) in [4.78, 5) is 20.8.